The van der Waals surface area contributed by atoms with Crippen molar-refractivity contribution in [2.75, 3.05) is 18.6 Å². The van der Waals surface area contributed by atoms with Gasteiger partial charge in [-0.1, -0.05) is 30.3 Å². The molecule has 0 spiro atoms. The minimum absolute atomic E-state index is 0.0332. The van der Waals surface area contributed by atoms with Crippen LogP contribution in [0.3, 0.4) is 0 Å². The third-order valence-electron chi connectivity index (χ3n) is 3.68. The van der Waals surface area contributed by atoms with Gasteiger partial charge in [0.05, 0.1) is 20.1 Å². The fraction of sp³-hybridized carbons (Fsp3) is 0.222. The summed E-state index contributed by atoms with van der Waals surface area (Å²) >= 11 is 0. The molecule has 5 nitrogen and oxygen atoms in total. The van der Waals surface area contributed by atoms with E-state index in [0.29, 0.717) is 23.8 Å². The number of hydrogen-bond donors (Lipinski definition) is 0. The summed E-state index contributed by atoms with van der Waals surface area (Å²) in [4.78, 5) is 24.7. The van der Waals surface area contributed by atoms with Crippen LogP contribution >= 0.6 is 0 Å². The zero-order valence-electron chi connectivity index (χ0n) is 12.8. The van der Waals surface area contributed by atoms with Crippen LogP contribution < -0.4 is 14.4 Å². The fourth-order valence-corrected chi connectivity index (χ4v) is 2.50. The van der Waals surface area contributed by atoms with Crippen molar-refractivity contribution >= 4 is 17.4 Å². The Bertz CT molecular complexity index is 727. The first-order valence-electron chi connectivity index (χ1n) is 7.34. The van der Waals surface area contributed by atoms with Crippen LogP contribution in [0.2, 0.25) is 0 Å². The number of rotatable bonds is 5. The van der Waals surface area contributed by atoms with Crippen LogP contribution in [0.5, 0.6) is 11.5 Å². The molecule has 0 radical (unpaired) electrons. The van der Waals surface area contributed by atoms with Gasteiger partial charge in [0.25, 0.3) is 0 Å². The Morgan fingerprint density at radius 1 is 1.04 bits per heavy atom. The molecule has 1 aliphatic rings. The van der Waals surface area contributed by atoms with Gasteiger partial charge in [-0.05, 0) is 17.7 Å². The van der Waals surface area contributed by atoms with Crippen molar-refractivity contribution < 1.29 is 19.1 Å². The van der Waals surface area contributed by atoms with Crippen LogP contribution in [-0.2, 0) is 16.2 Å². The molecule has 0 saturated carbocycles. The van der Waals surface area contributed by atoms with E-state index in [4.69, 9.17) is 9.47 Å². The number of ether oxygens (including phenoxy) is 2. The molecule has 1 aliphatic heterocycles. The number of anilines is 1. The summed E-state index contributed by atoms with van der Waals surface area (Å²) < 4.78 is 11.1. The Morgan fingerprint density at radius 2 is 1.83 bits per heavy atom. The molecule has 23 heavy (non-hydrogen) atoms. The van der Waals surface area contributed by atoms with E-state index in [-0.39, 0.29) is 24.7 Å². The summed E-state index contributed by atoms with van der Waals surface area (Å²) in [5, 5.41) is 0. The molecule has 1 amide bonds. The summed E-state index contributed by atoms with van der Waals surface area (Å²) in [6.45, 7) is 0.546. The van der Waals surface area contributed by atoms with E-state index in [2.05, 4.69) is 0 Å². The minimum Gasteiger partial charge on any atom is -0.493 e. The Labute approximate surface area is 134 Å². The Hall–Kier alpha value is -2.82. The number of carbonyl (C=O) groups excluding carboxylic acids is 2. The zero-order valence-corrected chi connectivity index (χ0v) is 12.8. The van der Waals surface area contributed by atoms with E-state index in [9.17, 15) is 9.59 Å². The Balaban J connectivity index is 1.77. The molecule has 3 rings (SSSR count). The number of carbonyl (C=O) groups is 2. The third kappa shape index (κ3) is 3.34. The highest BCUT2D eigenvalue weighted by Crippen LogP contribution is 2.33. The molecular formula is C18H17NO4. The lowest BCUT2D eigenvalue weighted by atomic mass is 10.2. The van der Waals surface area contributed by atoms with Crippen LogP contribution in [0.25, 0.3) is 0 Å². The monoisotopic (exact) mass is 311 g/mol. The Kier molecular flexibility index (Phi) is 4.28. The van der Waals surface area contributed by atoms with Crippen LogP contribution in [-0.4, -0.2) is 25.3 Å². The number of hydrogen-bond acceptors (Lipinski definition) is 4. The van der Waals surface area contributed by atoms with E-state index >= 15 is 0 Å². The van der Waals surface area contributed by atoms with E-state index in [1.165, 1.54) is 4.90 Å². The molecule has 1 fully saturated rings. The molecule has 1 heterocycles. The first-order valence-corrected chi connectivity index (χ1v) is 7.34. The van der Waals surface area contributed by atoms with Crippen molar-refractivity contribution in [1.29, 1.82) is 0 Å². The van der Waals surface area contributed by atoms with E-state index < -0.39 is 0 Å². The maximum absolute atomic E-state index is 11.8. The molecule has 0 aliphatic carbocycles. The second-order valence-corrected chi connectivity index (χ2v) is 5.30. The molecule has 2 aromatic carbocycles. The number of nitrogens with zero attached hydrogens (tertiary/aromatic N) is 1. The molecule has 0 aromatic heterocycles. The normalized spacial score (nSPS) is 14.2. The smallest absolute Gasteiger partial charge is 0.234 e. The summed E-state index contributed by atoms with van der Waals surface area (Å²) in [6, 6.07) is 15.1. The van der Waals surface area contributed by atoms with E-state index in [1.807, 2.05) is 30.3 Å². The lowest BCUT2D eigenvalue weighted by molar-refractivity contribution is -0.121. The van der Waals surface area contributed by atoms with E-state index in [0.717, 1.165) is 5.56 Å². The van der Waals surface area contributed by atoms with Gasteiger partial charge in [0, 0.05) is 11.8 Å². The maximum Gasteiger partial charge on any atom is 0.234 e. The average Bonchev–Trinajstić information content (AvgIpc) is 2.92. The topological polar surface area (TPSA) is 55.8 Å². The van der Waals surface area contributed by atoms with Gasteiger partial charge in [0.2, 0.25) is 5.91 Å². The highest BCUT2D eigenvalue weighted by molar-refractivity contribution is 6.15. The predicted molar refractivity (Wildman–Crippen MR) is 85.7 cm³/mol. The summed E-state index contributed by atoms with van der Waals surface area (Å²) in [5.41, 5.74) is 1.70. The predicted octanol–water partition coefficient (Wildman–Crippen LogP) is 2.58. The SMILES string of the molecule is COc1cc(N2CC(=O)CC2=O)ccc1OCc1ccccc1. The van der Waals surface area contributed by atoms with Crippen molar-refractivity contribution in [1.82, 2.24) is 0 Å². The average molecular weight is 311 g/mol. The zero-order chi connectivity index (χ0) is 16.2. The molecule has 0 unspecified atom stereocenters. The molecule has 0 N–H and O–H groups in total. The van der Waals surface area contributed by atoms with Gasteiger partial charge in [-0.15, -0.1) is 0 Å². The van der Waals surface area contributed by atoms with Crippen molar-refractivity contribution in [3.63, 3.8) is 0 Å². The van der Waals surface area contributed by atoms with Gasteiger partial charge in [0.1, 0.15) is 6.61 Å². The summed E-state index contributed by atoms with van der Waals surface area (Å²) in [5.74, 6) is 0.872. The highest BCUT2D eigenvalue weighted by Gasteiger charge is 2.29. The van der Waals surface area contributed by atoms with Gasteiger partial charge in [-0.2, -0.15) is 0 Å². The largest absolute Gasteiger partial charge is 0.493 e. The van der Waals surface area contributed by atoms with Gasteiger partial charge < -0.3 is 14.4 Å². The van der Waals surface area contributed by atoms with Crippen LogP contribution in [0.1, 0.15) is 12.0 Å². The van der Waals surface area contributed by atoms with Gasteiger partial charge in [0.15, 0.2) is 17.3 Å². The fourth-order valence-electron chi connectivity index (χ4n) is 2.50. The molecule has 0 atom stereocenters. The maximum atomic E-state index is 11.8. The summed E-state index contributed by atoms with van der Waals surface area (Å²) in [7, 11) is 1.55. The lowest BCUT2D eigenvalue weighted by Gasteiger charge is -2.17. The van der Waals surface area contributed by atoms with Gasteiger partial charge in [-0.3, -0.25) is 9.59 Å². The highest BCUT2D eigenvalue weighted by atomic mass is 16.5. The van der Waals surface area contributed by atoms with Crippen LogP contribution in [0, 0.1) is 0 Å². The van der Waals surface area contributed by atoms with Crippen molar-refractivity contribution in [3.05, 3.63) is 54.1 Å². The molecule has 0 bridgehead atoms. The lowest BCUT2D eigenvalue weighted by Crippen LogP contribution is -2.24. The number of benzene rings is 2. The first-order chi connectivity index (χ1) is 11.2. The third-order valence-corrected chi connectivity index (χ3v) is 3.68. The summed E-state index contributed by atoms with van der Waals surface area (Å²) in [6.07, 6.45) is -0.0332. The molecule has 5 heteroatoms. The number of amides is 1. The van der Waals surface area contributed by atoms with Crippen molar-refractivity contribution in [2.45, 2.75) is 13.0 Å². The van der Waals surface area contributed by atoms with E-state index in [1.54, 1.807) is 25.3 Å². The Morgan fingerprint density at radius 3 is 2.48 bits per heavy atom. The van der Waals surface area contributed by atoms with Crippen LogP contribution in [0.15, 0.2) is 48.5 Å². The van der Waals surface area contributed by atoms with Crippen LogP contribution in [0.4, 0.5) is 5.69 Å². The molecular weight excluding hydrogens is 294 g/mol. The van der Waals surface area contributed by atoms with Gasteiger partial charge >= 0.3 is 0 Å². The second kappa shape index (κ2) is 6.52. The second-order valence-electron chi connectivity index (χ2n) is 5.30. The molecule has 1 saturated heterocycles. The molecule has 2 aromatic rings. The number of ketones is 1. The first kappa shape index (κ1) is 15.1. The quantitative estimate of drug-likeness (QED) is 0.796. The number of methoxy groups -OCH3 is 1. The van der Waals surface area contributed by atoms with Crippen molar-refractivity contribution in [3.8, 4) is 11.5 Å². The van der Waals surface area contributed by atoms with Crippen molar-refractivity contribution in [2.24, 2.45) is 0 Å². The minimum atomic E-state index is -0.185. The number of Topliss-reactive ketones (excluding diaryl/α,β-unsaturated/α-hetero) is 1. The standard InChI is InChI=1S/C18H17NO4/c1-22-17-9-14(19-11-15(20)10-18(19)21)7-8-16(17)23-12-13-5-3-2-4-6-13/h2-9H,10-12H2,1H3. The molecule has 118 valence electrons. The van der Waals surface area contributed by atoms with Gasteiger partial charge in [-0.25, -0.2) is 0 Å².